The summed E-state index contributed by atoms with van der Waals surface area (Å²) in [7, 11) is 1.62. The summed E-state index contributed by atoms with van der Waals surface area (Å²) in [5.41, 5.74) is 1.03. The second kappa shape index (κ2) is 8.58. The summed E-state index contributed by atoms with van der Waals surface area (Å²) in [5.74, 6) is 1.51. The third-order valence-corrected chi connectivity index (χ3v) is 3.83. The maximum atomic E-state index is 12.0. The first kappa shape index (κ1) is 17.3. The van der Waals surface area contributed by atoms with Gasteiger partial charge in [-0.15, -0.1) is 0 Å². The highest BCUT2D eigenvalue weighted by Gasteiger charge is 2.10. The van der Waals surface area contributed by atoms with Crippen molar-refractivity contribution in [2.45, 2.75) is 19.8 Å². The number of aryl methyl sites for hydroxylation is 1. The lowest BCUT2D eigenvalue weighted by Gasteiger charge is -2.10. The minimum Gasteiger partial charge on any atom is -0.496 e. The smallest absolute Gasteiger partial charge is 0.311 e. The highest BCUT2D eigenvalue weighted by molar-refractivity contribution is 9.10. The number of halogens is 1. The number of carbonyl (C=O) groups is 1. The molecule has 23 heavy (non-hydrogen) atoms. The van der Waals surface area contributed by atoms with Gasteiger partial charge in [0.15, 0.2) is 11.5 Å². The number of benzene rings is 2. The van der Waals surface area contributed by atoms with E-state index in [1.54, 1.807) is 19.2 Å². The van der Waals surface area contributed by atoms with E-state index >= 15 is 0 Å². The summed E-state index contributed by atoms with van der Waals surface area (Å²) < 4.78 is 16.9. The molecular formula is C18H19BrO4. The van der Waals surface area contributed by atoms with Crippen LogP contribution in [0.15, 0.2) is 46.9 Å². The average Bonchev–Trinajstić information content (AvgIpc) is 2.55. The highest BCUT2D eigenvalue weighted by Crippen LogP contribution is 2.28. The quantitative estimate of drug-likeness (QED) is 0.529. The Morgan fingerprint density at radius 2 is 1.83 bits per heavy atom. The number of esters is 1. The number of ether oxygens (including phenoxy) is 3. The average molecular weight is 379 g/mol. The fourth-order valence-corrected chi connectivity index (χ4v) is 2.68. The van der Waals surface area contributed by atoms with Crippen molar-refractivity contribution >= 4 is 21.9 Å². The van der Waals surface area contributed by atoms with Crippen molar-refractivity contribution in [1.29, 1.82) is 0 Å². The molecule has 0 N–H and O–H groups in total. The summed E-state index contributed by atoms with van der Waals surface area (Å²) in [6.07, 6.45) is 0.886. The molecule has 2 aromatic rings. The summed E-state index contributed by atoms with van der Waals surface area (Å²) in [4.78, 5) is 12.0. The molecular weight excluding hydrogens is 360 g/mol. The van der Waals surface area contributed by atoms with Crippen LogP contribution in [-0.2, 0) is 11.2 Å². The zero-order valence-corrected chi connectivity index (χ0v) is 14.8. The van der Waals surface area contributed by atoms with Gasteiger partial charge in [-0.1, -0.05) is 18.2 Å². The molecule has 0 aromatic heterocycles. The van der Waals surface area contributed by atoms with Crippen LogP contribution in [0.3, 0.4) is 0 Å². The van der Waals surface area contributed by atoms with E-state index in [0.717, 1.165) is 15.8 Å². The second-order valence-corrected chi connectivity index (χ2v) is 5.68. The Kier molecular flexibility index (Phi) is 6.47. The van der Waals surface area contributed by atoms with E-state index in [1.807, 2.05) is 37.3 Å². The van der Waals surface area contributed by atoms with Gasteiger partial charge in [0.05, 0.1) is 18.2 Å². The number of para-hydroxylation sites is 2. The largest absolute Gasteiger partial charge is 0.496 e. The van der Waals surface area contributed by atoms with Gasteiger partial charge in [0.2, 0.25) is 0 Å². The van der Waals surface area contributed by atoms with Crippen LogP contribution in [0.4, 0.5) is 0 Å². The zero-order valence-electron chi connectivity index (χ0n) is 13.2. The molecule has 0 heterocycles. The molecule has 0 unspecified atom stereocenters. The Bertz CT molecular complexity index is 670. The number of hydrogen-bond donors (Lipinski definition) is 0. The fourth-order valence-electron chi connectivity index (χ4n) is 2.09. The van der Waals surface area contributed by atoms with Gasteiger partial charge in [-0.05, 0) is 59.1 Å². The summed E-state index contributed by atoms with van der Waals surface area (Å²) in [6.45, 7) is 2.41. The monoisotopic (exact) mass is 378 g/mol. The Morgan fingerprint density at radius 3 is 2.48 bits per heavy atom. The predicted molar refractivity (Wildman–Crippen MR) is 92.3 cm³/mol. The van der Waals surface area contributed by atoms with Crippen molar-refractivity contribution in [3.63, 3.8) is 0 Å². The first-order valence-electron chi connectivity index (χ1n) is 7.39. The Balaban J connectivity index is 1.94. The Morgan fingerprint density at radius 1 is 1.09 bits per heavy atom. The highest BCUT2D eigenvalue weighted by atomic mass is 79.9. The topological polar surface area (TPSA) is 44.8 Å². The number of carbonyl (C=O) groups excluding carboxylic acids is 1. The van der Waals surface area contributed by atoms with E-state index in [4.69, 9.17) is 14.2 Å². The van der Waals surface area contributed by atoms with E-state index in [2.05, 4.69) is 15.9 Å². The number of hydrogen-bond acceptors (Lipinski definition) is 4. The third-order valence-electron chi connectivity index (χ3n) is 3.21. The van der Waals surface area contributed by atoms with E-state index < -0.39 is 0 Å². The molecule has 0 radical (unpaired) electrons. The summed E-state index contributed by atoms with van der Waals surface area (Å²) in [5, 5.41) is 0. The van der Waals surface area contributed by atoms with Crippen molar-refractivity contribution in [1.82, 2.24) is 0 Å². The molecule has 2 aromatic carbocycles. The standard InChI is InChI=1S/C18H19BrO4/c1-3-22-16-6-4-5-7-17(16)23-18(20)11-9-13-8-10-15(21-2)14(19)12-13/h4-8,10,12H,3,9,11H2,1-2H3. The number of methoxy groups -OCH3 is 1. The van der Waals surface area contributed by atoms with Gasteiger partial charge in [-0.3, -0.25) is 4.79 Å². The molecule has 0 saturated carbocycles. The molecule has 0 saturated heterocycles. The molecule has 0 atom stereocenters. The van der Waals surface area contributed by atoms with Gasteiger partial charge in [0, 0.05) is 6.42 Å². The summed E-state index contributed by atoms with van der Waals surface area (Å²) >= 11 is 3.44. The van der Waals surface area contributed by atoms with Gasteiger partial charge < -0.3 is 14.2 Å². The lowest BCUT2D eigenvalue weighted by molar-refractivity contribution is -0.134. The molecule has 0 aliphatic carbocycles. The Hall–Kier alpha value is -2.01. The van der Waals surface area contributed by atoms with E-state index in [-0.39, 0.29) is 5.97 Å². The molecule has 0 bridgehead atoms. The van der Waals surface area contributed by atoms with Crippen LogP contribution in [0.5, 0.6) is 17.2 Å². The normalized spacial score (nSPS) is 10.2. The van der Waals surface area contributed by atoms with Gasteiger partial charge in [-0.2, -0.15) is 0 Å². The van der Waals surface area contributed by atoms with Crippen LogP contribution >= 0.6 is 15.9 Å². The molecule has 4 nitrogen and oxygen atoms in total. The van der Waals surface area contributed by atoms with Crippen molar-refractivity contribution in [2.75, 3.05) is 13.7 Å². The van der Waals surface area contributed by atoms with Crippen molar-refractivity contribution < 1.29 is 19.0 Å². The molecule has 0 aliphatic heterocycles. The van der Waals surface area contributed by atoms with Gasteiger partial charge in [0.25, 0.3) is 0 Å². The lowest BCUT2D eigenvalue weighted by atomic mass is 10.1. The van der Waals surface area contributed by atoms with Crippen molar-refractivity contribution in [3.8, 4) is 17.2 Å². The molecule has 0 fully saturated rings. The van der Waals surface area contributed by atoms with Crippen molar-refractivity contribution in [3.05, 3.63) is 52.5 Å². The van der Waals surface area contributed by atoms with E-state index in [9.17, 15) is 4.79 Å². The van der Waals surface area contributed by atoms with Gasteiger partial charge in [-0.25, -0.2) is 0 Å². The van der Waals surface area contributed by atoms with Crippen LogP contribution in [0.2, 0.25) is 0 Å². The van der Waals surface area contributed by atoms with E-state index in [1.165, 1.54) is 0 Å². The van der Waals surface area contributed by atoms with Crippen LogP contribution in [0.1, 0.15) is 18.9 Å². The molecule has 5 heteroatoms. The van der Waals surface area contributed by atoms with Crippen LogP contribution in [0.25, 0.3) is 0 Å². The first-order valence-corrected chi connectivity index (χ1v) is 8.18. The molecule has 2 rings (SSSR count). The van der Waals surface area contributed by atoms with Crippen LogP contribution in [0, 0.1) is 0 Å². The minimum absolute atomic E-state index is 0.288. The van der Waals surface area contributed by atoms with Crippen molar-refractivity contribution in [2.24, 2.45) is 0 Å². The Labute approximate surface area is 144 Å². The van der Waals surface area contributed by atoms with Crippen LogP contribution < -0.4 is 14.2 Å². The summed E-state index contributed by atoms with van der Waals surface area (Å²) in [6, 6.07) is 12.9. The van der Waals surface area contributed by atoms with Gasteiger partial charge >= 0.3 is 5.97 Å². The molecule has 0 aliphatic rings. The second-order valence-electron chi connectivity index (χ2n) is 4.82. The fraction of sp³-hybridized carbons (Fsp3) is 0.278. The minimum atomic E-state index is -0.288. The lowest BCUT2D eigenvalue weighted by Crippen LogP contribution is -2.10. The SMILES string of the molecule is CCOc1ccccc1OC(=O)CCc1ccc(OC)c(Br)c1. The third kappa shape index (κ3) is 4.99. The molecule has 0 amide bonds. The molecule has 122 valence electrons. The zero-order chi connectivity index (χ0) is 16.7. The number of rotatable bonds is 7. The maximum absolute atomic E-state index is 12.0. The van der Waals surface area contributed by atoms with Gasteiger partial charge in [0.1, 0.15) is 5.75 Å². The first-order chi connectivity index (χ1) is 11.1. The van der Waals surface area contributed by atoms with E-state index in [0.29, 0.717) is 30.9 Å². The maximum Gasteiger partial charge on any atom is 0.311 e. The predicted octanol–water partition coefficient (Wildman–Crippen LogP) is 4.39. The molecule has 0 spiro atoms. The van der Waals surface area contributed by atoms with Crippen LogP contribution in [-0.4, -0.2) is 19.7 Å².